The van der Waals surface area contributed by atoms with Gasteiger partial charge in [-0.3, -0.25) is 0 Å². The summed E-state index contributed by atoms with van der Waals surface area (Å²) in [5, 5.41) is 3.18. The Balaban J connectivity index is 4.37. The normalized spacial score (nSPS) is 9.82. The first kappa shape index (κ1) is 10.0. The van der Waals surface area contributed by atoms with Gasteiger partial charge in [-0.15, -0.1) is 0 Å². The lowest BCUT2D eigenvalue weighted by Gasteiger charge is -2.07. The lowest BCUT2D eigenvalue weighted by molar-refractivity contribution is 0.982. The summed E-state index contributed by atoms with van der Waals surface area (Å²) in [4.78, 5) is 0. The molecular weight excluding hydrogens is 134 g/mol. The van der Waals surface area contributed by atoms with Crippen molar-refractivity contribution in [2.24, 2.45) is 0 Å². The summed E-state index contributed by atoms with van der Waals surface area (Å²) in [6.07, 6.45) is 4.06. The van der Waals surface area contributed by atoms with Crippen molar-refractivity contribution in [1.82, 2.24) is 5.32 Å². The molecule has 0 aliphatic rings. The summed E-state index contributed by atoms with van der Waals surface area (Å²) in [6.45, 7) is 11.9. The molecule has 0 bridgehead atoms. The lowest BCUT2D eigenvalue weighted by Crippen LogP contribution is -2.08. The van der Waals surface area contributed by atoms with Crippen LogP contribution < -0.4 is 5.32 Å². The fourth-order valence-corrected chi connectivity index (χ4v) is 0.730. The fraction of sp³-hybridized carbons (Fsp3) is 0.400. The van der Waals surface area contributed by atoms with Crippen LogP contribution in [0, 0.1) is 0 Å². The Bertz CT molecular complexity index is 193. The van der Waals surface area contributed by atoms with E-state index in [-0.39, 0.29) is 0 Å². The van der Waals surface area contributed by atoms with Gasteiger partial charge in [0.2, 0.25) is 0 Å². The summed E-state index contributed by atoms with van der Waals surface area (Å²) in [7, 11) is 0. The zero-order chi connectivity index (χ0) is 8.85. The second-order valence-electron chi connectivity index (χ2n) is 2.82. The predicted molar refractivity (Wildman–Crippen MR) is 51.1 cm³/mol. The maximum Gasteiger partial charge on any atom is 0.0364 e. The summed E-state index contributed by atoms with van der Waals surface area (Å²) >= 11 is 0. The van der Waals surface area contributed by atoms with Gasteiger partial charge >= 0.3 is 0 Å². The van der Waals surface area contributed by atoms with Crippen LogP contribution in [0.25, 0.3) is 0 Å². The molecule has 1 heteroatoms. The highest BCUT2D eigenvalue weighted by atomic mass is 14.9. The quantitative estimate of drug-likeness (QED) is 0.611. The molecule has 0 atom stereocenters. The highest BCUT2D eigenvalue weighted by molar-refractivity contribution is 5.24. The Labute approximate surface area is 69.5 Å². The molecule has 11 heavy (non-hydrogen) atoms. The molecule has 0 saturated carbocycles. The second-order valence-corrected chi connectivity index (χ2v) is 2.82. The zero-order valence-corrected chi connectivity index (χ0v) is 7.86. The van der Waals surface area contributed by atoms with Crippen molar-refractivity contribution >= 4 is 0 Å². The van der Waals surface area contributed by atoms with Crippen molar-refractivity contribution in [1.29, 1.82) is 0 Å². The number of rotatable bonds is 3. The molecule has 1 N–H and O–H groups in total. The van der Waals surface area contributed by atoms with E-state index >= 15 is 0 Å². The van der Waals surface area contributed by atoms with Gasteiger partial charge in [0.05, 0.1) is 0 Å². The lowest BCUT2D eigenvalue weighted by atomic mass is 10.2. The zero-order valence-electron chi connectivity index (χ0n) is 7.86. The van der Waals surface area contributed by atoms with E-state index in [1.54, 1.807) is 0 Å². The van der Waals surface area contributed by atoms with Crippen LogP contribution in [-0.2, 0) is 0 Å². The number of hydrogen-bond acceptors (Lipinski definition) is 1. The minimum Gasteiger partial charge on any atom is -0.360 e. The maximum absolute atomic E-state index is 3.78. The van der Waals surface area contributed by atoms with Crippen LogP contribution in [0.1, 0.15) is 27.7 Å². The highest BCUT2D eigenvalue weighted by Crippen LogP contribution is 2.02. The molecule has 0 spiro atoms. The minimum absolute atomic E-state index is 0.972. The van der Waals surface area contributed by atoms with Gasteiger partial charge in [-0.1, -0.05) is 18.2 Å². The molecule has 0 aromatic heterocycles. The fourth-order valence-electron chi connectivity index (χ4n) is 0.730. The van der Waals surface area contributed by atoms with Gasteiger partial charge in [0, 0.05) is 11.4 Å². The molecule has 1 nitrogen and oxygen atoms in total. The summed E-state index contributed by atoms with van der Waals surface area (Å²) in [5.74, 6) is 0. The third kappa shape index (κ3) is 4.43. The van der Waals surface area contributed by atoms with E-state index in [2.05, 4.69) is 25.7 Å². The molecule has 0 aromatic rings. The average Bonchev–Trinajstić information content (AvgIpc) is 1.86. The van der Waals surface area contributed by atoms with Crippen molar-refractivity contribution < 1.29 is 0 Å². The van der Waals surface area contributed by atoms with Gasteiger partial charge in [0.1, 0.15) is 0 Å². The first-order valence-electron chi connectivity index (χ1n) is 3.80. The molecular formula is C10H17N. The smallest absolute Gasteiger partial charge is 0.0364 e. The van der Waals surface area contributed by atoms with Gasteiger partial charge in [0.15, 0.2) is 0 Å². The van der Waals surface area contributed by atoms with E-state index in [4.69, 9.17) is 0 Å². The predicted octanol–water partition coefficient (Wildman–Crippen LogP) is 2.98. The van der Waals surface area contributed by atoms with E-state index in [9.17, 15) is 0 Å². The Kier molecular flexibility index (Phi) is 4.35. The molecule has 0 heterocycles. The SMILES string of the molecule is C=C(C)NC(/C=C\C)=C(C)C. The molecule has 0 aromatic carbocycles. The Morgan fingerprint density at radius 2 is 1.82 bits per heavy atom. The molecule has 0 fully saturated rings. The van der Waals surface area contributed by atoms with Gasteiger partial charge in [-0.05, 0) is 33.8 Å². The van der Waals surface area contributed by atoms with Crippen LogP contribution in [0.15, 0.2) is 35.7 Å². The van der Waals surface area contributed by atoms with Crippen LogP contribution in [0.4, 0.5) is 0 Å². The monoisotopic (exact) mass is 151 g/mol. The van der Waals surface area contributed by atoms with Crippen LogP contribution in [0.2, 0.25) is 0 Å². The molecule has 0 rings (SSSR count). The van der Waals surface area contributed by atoms with Gasteiger partial charge < -0.3 is 5.32 Å². The van der Waals surface area contributed by atoms with E-state index in [1.807, 2.05) is 26.0 Å². The molecule has 0 aliphatic carbocycles. The van der Waals surface area contributed by atoms with E-state index < -0.39 is 0 Å². The highest BCUT2D eigenvalue weighted by Gasteiger charge is 1.91. The Morgan fingerprint density at radius 1 is 1.27 bits per heavy atom. The number of nitrogens with one attached hydrogen (secondary N) is 1. The average molecular weight is 151 g/mol. The van der Waals surface area contributed by atoms with Crippen LogP contribution in [0.3, 0.4) is 0 Å². The van der Waals surface area contributed by atoms with Gasteiger partial charge in [-0.25, -0.2) is 0 Å². The summed E-state index contributed by atoms with van der Waals surface area (Å²) in [6, 6.07) is 0. The van der Waals surface area contributed by atoms with Crippen molar-refractivity contribution in [2.45, 2.75) is 27.7 Å². The maximum atomic E-state index is 3.78. The largest absolute Gasteiger partial charge is 0.360 e. The number of hydrogen-bond donors (Lipinski definition) is 1. The first-order chi connectivity index (χ1) is 5.07. The molecule has 0 unspecified atom stereocenters. The van der Waals surface area contributed by atoms with Crippen LogP contribution >= 0.6 is 0 Å². The molecule has 0 aliphatic heterocycles. The van der Waals surface area contributed by atoms with E-state index in [0.29, 0.717) is 0 Å². The van der Waals surface area contributed by atoms with Gasteiger partial charge in [-0.2, -0.15) is 0 Å². The molecule has 0 saturated heterocycles. The van der Waals surface area contributed by atoms with Crippen molar-refractivity contribution in [3.8, 4) is 0 Å². The Morgan fingerprint density at radius 3 is 2.09 bits per heavy atom. The van der Waals surface area contributed by atoms with E-state index in [0.717, 1.165) is 11.4 Å². The molecule has 62 valence electrons. The molecule has 0 amide bonds. The summed E-state index contributed by atoms with van der Waals surface area (Å²) < 4.78 is 0. The summed E-state index contributed by atoms with van der Waals surface area (Å²) in [5.41, 5.74) is 3.38. The third-order valence-electron chi connectivity index (χ3n) is 1.22. The molecule has 0 radical (unpaired) electrons. The topological polar surface area (TPSA) is 12.0 Å². The standard InChI is InChI=1S/C10H17N/c1-6-7-10(8(2)3)11-9(4)5/h6-7,11H,4H2,1-3,5H3/b7-6-. The Hall–Kier alpha value is -0.980. The van der Waals surface area contributed by atoms with Crippen LogP contribution in [0.5, 0.6) is 0 Å². The third-order valence-corrected chi connectivity index (χ3v) is 1.22. The second kappa shape index (κ2) is 4.78. The minimum atomic E-state index is 0.972. The van der Waals surface area contributed by atoms with Gasteiger partial charge in [0.25, 0.3) is 0 Å². The van der Waals surface area contributed by atoms with Crippen LogP contribution in [-0.4, -0.2) is 0 Å². The van der Waals surface area contributed by atoms with Crippen molar-refractivity contribution in [3.05, 3.63) is 35.7 Å². The van der Waals surface area contributed by atoms with Crippen molar-refractivity contribution in [2.75, 3.05) is 0 Å². The van der Waals surface area contributed by atoms with Crippen molar-refractivity contribution in [3.63, 3.8) is 0 Å². The van der Waals surface area contributed by atoms with E-state index in [1.165, 1.54) is 5.57 Å². The number of allylic oxidation sites excluding steroid dienone is 4. The first-order valence-corrected chi connectivity index (χ1v) is 3.80.